The molecule has 1 heterocycles. The summed E-state index contributed by atoms with van der Waals surface area (Å²) in [5.74, 6) is 1.95. The van der Waals surface area contributed by atoms with Gasteiger partial charge in [-0.25, -0.2) is 0 Å². The van der Waals surface area contributed by atoms with Crippen molar-refractivity contribution in [1.29, 1.82) is 0 Å². The molecule has 3 rings (SSSR count). The van der Waals surface area contributed by atoms with E-state index in [9.17, 15) is 0 Å². The first-order valence-electron chi connectivity index (χ1n) is 7.53. The Hall–Kier alpha value is -1.00. The summed E-state index contributed by atoms with van der Waals surface area (Å²) in [7, 11) is 0. The molecule has 3 nitrogen and oxygen atoms in total. The number of halogens is 1. The van der Waals surface area contributed by atoms with Gasteiger partial charge in [0, 0.05) is 16.8 Å². The number of aromatic nitrogens is 3. The summed E-state index contributed by atoms with van der Waals surface area (Å²) in [5.41, 5.74) is 1.26. The number of benzene rings is 1. The molecule has 1 aliphatic carbocycles. The number of nitrogens with zero attached hydrogens (tertiary/aromatic N) is 3. The van der Waals surface area contributed by atoms with Crippen LogP contribution in [0.1, 0.15) is 49.5 Å². The fourth-order valence-corrected chi connectivity index (χ4v) is 4.07. The minimum absolute atomic E-state index is 0.585. The van der Waals surface area contributed by atoms with Crippen LogP contribution in [0.25, 0.3) is 0 Å². The average molecular weight is 322 g/mol. The Labute approximate surface area is 135 Å². The lowest BCUT2D eigenvalue weighted by Gasteiger charge is -2.25. The van der Waals surface area contributed by atoms with Crippen molar-refractivity contribution in [3.8, 4) is 0 Å². The van der Waals surface area contributed by atoms with Gasteiger partial charge in [-0.3, -0.25) is 0 Å². The van der Waals surface area contributed by atoms with E-state index in [2.05, 4.69) is 33.8 Å². The van der Waals surface area contributed by atoms with Crippen LogP contribution >= 0.6 is 23.4 Å². The van der Waals surface area contributed by atoms with Crippen LogP contribution < -0.4 is 0 Å². The van der Waals surface area contributed by atoms with Gasteiger partial charge in [0.15, 0.2) is 5.16 Å². The molecule has 0 bridgehead atoms. The summed E-state index contributed by atoms with van der Waals surface area (Å²) in [6.07, 6.45) is 6.53. The third-order valence-corrected chi connectivity index (χ3v) is 5.32. The molecule has 1 aliphatic rings. The first-order chi connectivity index (χ1) is 10.2. The lowest BCUT2D eigenvalue weighted by atomic mass is 9.95. The monoisotopic (exact) mass is 321 g/mol. The Morgan fingerprint density at radius 2 is 1.86 bits per heavy atom. The van der Waals surface area contributed by atoms with Crippen molar-refractivity contribution >= 4 is 23.4 Å². The highest BCUT2D eigenvalue weighted by Gasteiger charge is 2.21. The molecule has 0 radical (unpaired) electrons. The zero-order valence-corrected chi connectivity index (χ0v) is 13.8. The standard InChI is InChI=1S/C16H20ClN3S/c1-12-18-19-16(20(12)15-5-3-2-4-6-15)21-11-13-7-9-14(17)10-8-13/h7-10,15H,2-6,11H2,1H3. The van der Waals surface area contributed by atoms with Crippen molar-refractivity contribution in [3.05, 3.63) is 40.7 Å². The van der Waals surface area contributed by atoms with E-state index < -0.39 is 0 Å². The van der Waals surface area contributed by atoms with Gasteiger partial charge in [-0.1, -0.05) is 54.8 Å². The van der Waals surface area contributed by atoms with E-state index in [1.165, 1.54) is 37.7 Å². The van der Waals surface area contributed by atoms with Crippen LogP contribution in [0.15, 0.2) is 29.4 Å². The van der Waals surface area contributed by atoms with Crippen LogP contribution in [0, 0.1) is 6.92 Å². The van der Waals surface area contributed by atoms with Crippen LogP contribution in [0.5, 0.6) is 0 Å². The van der Waals surface area contributed by atoms with Gasteiger partial charge in [-0.2, -0.15) is 0 Å². The Bertz CT molecular complexity index is 588. The topological polar surface area (TPSA) is 30.7 Å². The molecule has 0 unspecified atom stereocenters. The minimum atomic E-state index is 0.585. The van der Waals surface area contributed by atoms with E-state index >= 15 is 0 Å². The van der Waals surface area contributed by atoms with Crippen LogP contribution in [0.3, 0.4) is 0 Å². The summed E-state index contributed by atoms with van der Waals surface area (Å²) in [5, 5.41) is 10.5. The summed E-state index contributed by atoms with van der Waals surface area (Å²) in [6, 6.07) is 8.61. The molecule has 1 aromatic carbocycles. The molecule has 1 fully saturated rings. The molecule has 2 aromatic rings. The van der Waals surface area contributed by atoms with Gasteiger partial charge in [0.25, 0.3) is 0 Å². The van der Waals surface area contributed by atoms with Crippen molar-refractivity contribution < 1.29 is 0 Å². The molecule has 112 valence electrons. The maximum atomic E-state index is 5.93. The molecule has 5 heteroatoms. The van der Waals surface area contributed by atoms with Gasteiger partial charge < -0.3 is 4.57 Å². The normalized spacial score (nSPS) is 16.3. The lowest BCUT2D eigenvalue weighted by molar-refractivity contribution is 0.332. The maximum absolute atomic E-state index is 5.93. The molecular formula is C16H20ClN3S. The fourth-order valence-electron chi connectivity index (χ4n) is 2.94. The smallest absolute Gasteiger partial charge is 0.191 e. The van der Waals surface area contributed by atoms with Crippen LogP contribution in [0.4, 0.5) is 0 Å². The number of thioether (sulfide) groups is 1. The summed E-state index contributed by atoms with van der Waals surface area (Å²) in [4.78, 5) is 0. The molecule has 21 heavy (non-hydrogen) atoms. The first-order valence-corrected chi connectivity index (χ1v) is 8.89. The highest BCUT2D eigenvalue weighted by molar-refractivity contribution is 7.98. The highest BCUT2D eigenvalue weighted by Crippen LogP contribution is 2.33. The van der Waals surface area contributed by atoms with Gasteiger partial charge in [0.1, 0.15) is 5.82 Å². The van der Waals surface area contributed by atoms with Crippen LogP contribution in [-0.2, 0) is 5.75 Å². The second kappa shape index (κ2) is 6.84. The number of hydrogen-bond donors (Lipinski definition) is 0. The Morgan fingerprint density at radius 3 is 2.57 bits per heavy atom. The van der Waals surface area contributed by atoms with Gasteiger partial charge in [0.2, 0.25) is 0 Å². The fraction of sp³-hybridized carbons (Fsp3) is 0.500. The predicted molar refractivity (Wildman–Crippen MR) is 87.9 cm³/mol. The van der Waals surface area contributed by atoms with E-state index in [1.807, 2.05) is 12.1 Å². The molecule has 0 amide bonds. The molecule has 1 saturated carbocycles. The summed E-state index contributed by atoms with van der Waals surface area (Å²) >= 11 is 7.69. The molecule has 0 atom stereocenters. The predicted octanol–water partition coefficient (Wildman–Crippen LogP) is 5.04. The molecule has 0 spiro atoms. The third-order valence-electron chi connectivity index (χ3n) is 4.06. The van der Waals surface area contributed by atoms with Gasteiger partial charge >= 0.3 is 0 Å². The zero-order valence-electron chi connectivity index (χ0n) is 12.3. The van der Waals surface area contributed by atoms with Crippen molar-refractivity contribution in [2.24, 2.45) is 0 Å². The van der Waals surface area contributed by atoms with Gasteiger partial charge in [0.05, 0.1) is 0 Å². The van der Waals surface area contributed by atoms with Crippen molar-refractivity contribution in [2.75, 3.05) is 0 Å². The highest BCUT2D eigenvalue weighted by atomic mass is 35.5. The Morgan fingerprint density at radius 1 is 1.14 bits per heavy atom. The second-order valence-electron chi connectivity index (χ2n) is 5.61. The van der Waals surface area contributed by atoms with E-state index in [0.29, 0.717) is 6.04 Å². The molecule has 0 saturated heterocycles. The molecule has 0 aliphatic heterocycles. The van der Waals surface area contributed by atoms with Crippen LogP contribution in [-0.4, -0.2) is 14.8 Å². The van der Waals surface area contributed by atoms with Gasteiger partial charge in [-0.15, -0.1) is 10.2 Å². The minimum Gasteiger partial charge on any atom is -0.303 e. The quantitative estimate of drug-likeness (QED) is 0.739. The largest absolute Gasteiger partial charge is 0.303 e. The third kappa shape index (κ3) is 3.61. The zero-order chi connectivity index (χ0) is 14.7. The summed E-state index contributed by atoms with van der Waals surface area (Å²) < 4.78 is 2.35. The number of rotatable bonds is 4. The first kappa shape index (κ1) is 14.9. The average Bonchev–Trinajstić information content (AvgIpc) is 2.88. The van der Waals surface area contributed by atoms with E-state index in [1.54, 1.807) is 11.8 Å². The number of hydrogen-bond acceptors (Lipinski definition) is 3. The Balaban J connectivity index is 1.71. The maximum Gasteiger partial charge on any atom is 0.191 e. The summed E-state index contributed by atoms with van der Waals surface area (Å²) in [6.45, 7) is 2.06. The SMILES string of the molecule is Cc1nnc(SCc2ccc(Cl)cc2)n1C1CCCCC1. The van der Waals surface area contributed by atoms with Crippen LogP contribution in [0.2, 0.25) is 5.02 Å². The Kier molecular flexibility index (Phi) is 4.86. The number of aryl methyl sites for hydroxylation is 1. The van der Waals surface area contributed by atoms with Crippen molar-refractivity contribution in [2.45, 2.75) is 56.0 Å². The van der Waals surface area contributed by atoms with E-state index in [4.69, 9.17) is 11.6 Å². The van der Waals surface area contributed by atoms with Crippen molar-refractivity contribution in [1.82, 2.24) is 14.8 Å². The van der Waals surface area contributed by atoms with E-state index in [-0.39, 0.29) is 0 Å². The molecule has 0 N–H and O–H groups in total. The van der Waals surface area contributed by atoms with Gasteiger partial charge in [-0.05, 0) is 37.5 Å². The molecule has 1 aromatic heterocycles. The van der Waals surface area contributed by atoms with E-state index in [0.717, 1.165) is 21.8 Å². The second-order valence-corrected chi connectivity index (χ2v) is 6.99. The molecular weight excluding hydrogens is 302 g/mol. The van der Waals surface area contributed by atoms with Crippen molar-refractivity contribution in [3.63, 3.8) is 0 Å². The lowest BCUT2D eigenvalue weighted by Crippen LogP contribution is -2.15.